The van der Waals surface area contributed by atoms with Crippen LogP contribution in [0.25, 0.3) is 0 Å². The van der Waals surface area contributed by atoms with Crippen LogP contribution in [0.2, 0.25) is 0 Å². The Morgan fingerprint density at radius 3 is 2.87 bits per heavy atom. The first-order valence-corrected chi connectivity index (χ1v) is 9.07. The molecule has 4 nitrogen and oxygen atoms in total. The maximum atomic E-state index is 13.8. The quantitative estimate of drug-likeness (QED) is 0.576. The number of thiazole rings is 1. The summed E-state index contributed by atoms with van der Waals surface area (Å²) in [6.45, 7) is 5.84. The fraction of sp³-hybridized carbons (Fsp3) is 0.375. The Balaban J connectivity index is 1.91. The zero-order chi connectivity index (χ0) is 16.7. The summed E-state index contributed by atoms with van der Waals surface area (Å²) < 4.78 is 14.5. The molecule has 2 aromatic rings. The van der Waals surface area contributed by atoms with Crippen molar-refractivity contribution >= 4 is 33.2 Å². The summed E-state index contributed by atoms with van der Waals surface area (Å²) in [7, 11) is 0. The molecule has 7 heteroatoms. The normalized spacial score (nSPS) is 11.6. The molecule has 1 aromatic heterocycles. The third-order valence-corrected chi connectivity index (χ3v) is 4.53. The summed E-state index contributed by atoms with van der Waals surface area (Å²) in [4.78, 5) is 9.98. The molecule has 0 spiro atoms. The Kier molecular flexibility index (Phi) is 6.98. The Labute approximate surface area is 148 Å². The van der Waals surface area contributed by atoms with Gasteiger partial charge >= 0.3 is 0 Å². The molecule has 0 aliphatic carbocycles. The average Bonchev–Trinajstić information content (AvgIpc) is 2.91. The van der Waals surface area contributed by atoms with E-state index in [1.807, 2.05) is 26.1 Å². The lowest BCUT2D eigenvalue weighted by Crippen LogP contribution is -2.38. The van der Waals surface area contributed by atoms with Gasteiger partial charge in [-0.2, -0.15) is 0 Å². The van der Waals surface area contributed by atoms with Crippen LogP contribution >= 0.6 is 27.3 Å². The summed E-state index contributed by atoms with van der Waals surface area (Å²) >= 11 is 4.95. The smallest absolute Gasteiger partial charge is 0.191 e. The lowest BCUT2D eigenvalue weighted by molar-refractivity contribution is 0.609. The van der Waals surface area contributed by atoms with E-state index in [2.05, 4.69) is 36.5 Å². The molecule has 0 aliphatic heterocycles. The zero-order valence-corrected chi connectivity index (χ0v) is 15.6. The van der Waals surface area contributed by atoms with E-state index in [4.69, 9.17) is 0 Å². The number of aliphatic imine (C=N–C) groups is 1. The number of halogens is 2. The molecular weight excluding hydrogens is 379 g/mol. The van der Waals surface area contributed by atoms with E-state index in [0.29, 0.717) is 18.1 Å². The highest BCUT2D eigenvalue weighted by atomic mass is 79.9. The lowest BCUT2D eigenvalue weighted by Gasteiger charge is -2.11. The second-order valence-electron chi connectivity index (χ2n) is 4.97. The number of nitrogens with one attached hydrogen (secondary N) is 2. The van der Waals surface area contributed by atoms with E-state index in [1.165, 1.54) is 10.9 Å². The van der Waals surface area contributed by atoms with Gasteiger partial charge in [0, 0.05) is 40.6 Å². The number of hydrogen-bond donors (Lipinski definition) is 2. The number of nitrogens with zero attached hydrogens (tertiary/aromatic N) is 2. The van der Waals surface area contributed by atoms with Crippen LogP contribution in [0.4, 0.5) is 4.39 Å². The van der Waals surface area contributed by atoms with Crippen molar-refractivity contribution in [3.63, 3.8) is 0 Å². The molecule has 1 heterocycles. The largest absolute Gasteiger partial charge is 0.357 e. The molecule has 0 radical (unpaired) electrons. The molecule has 0 bridgehead atoms. The molecule has 23 heavy (non-hydrogen) atoms. The molecule has 0 amide bonds. The van der Waals surface area contributed by atoms with Crippen LogP contribution in [-0.2, 0) is 13.0 Å². The Morgan fingerprint density at radius 1 is 1.39 bits per heavy atom. The lowest BCUT2D eigenvalue weighted by atomic mass is 10.2. The molecule has 2 N–H and O–H groups in total. The van der Waals surface area contributed by atoms with Gasteiger partial charge in [-0.3, -0.25) is 0 Å². The number of hydrogen-bond acceptors (Lipinski definition) is 3. The van der Waals surface area contributed by atoms with Gasteiger partial charge in [0.25, 0.3) is 0 Å². The topological polar surface area (TPSA) is 49.3 Å². The third-order valence-electron chi connectivity index (χ3n) is 3.07. The van der Waals surface area contributed by atoms with Crippen molar-refractivity contribution in [2.24, 2.45) is 4.99 Å². The van der Waals surface area contributed by atoms with E-state index < -0.39 is 0 Å². The standard InChI is InChI=1S/C16H20BrFN4S/c1-3-19-16(20-7-6-15-21-9-11(2)23-15)22-10-12-4-5-13(17)8-14(12)18/h4-5,8-9H,3,6-7,10H2,1-2H3,(H2,19,20,22). The SMILES string of the molecule is CCNC(=NCc1ccc(Br)cc1F)NCCc1ncc(C)s1. The highest BCUT2D eigenvalue weighted by molar-refractivity contribution is 9.10. The first-order valence-electron chi connectivity index (χ1n) is 7.46. The van der Waals surface area contributed by atoms with Crippen molar-refractivity contribution in [3.05, 3.63) is 50.1 Å². The fourth-order valence-electron chi connectivity index (χ4n) is 1.96. The van der Waals surface area contributed by atoms with Crippen LogP contribution in [0.5, 0.6) is 0 Å². The van der Waals surface area contributed by atoms with Gasteiger partial charge in [0.15, 0.2) is 5.96 Å². The highest BCUT2D eigenvalue weighted by Gasteiger charge is 2.04. The number of aromatic nitrogens is 1. The van der Waals surface area contributed by atoms with Gasteiger partial charge in [-0.25, -0.2) is 14.4 Å². The van der Waals surface area contributed by atoms with Crippen molar-refractivity contribution < 1.29 is 4.39 Å². The van der Waals surface area contributed by atoms with Crippen LogP contribution in [0.15, 0.2) is 33.9 Å². The Morgan fingerprint density at radius 2 is 2.22 bits per heavy atom. The minimum atomic E-state index is -0.253. The second kappa shape index (κ2) is 8.98. The summed E-state index contributed by atoms with van der Waals surface area (Å²) in [6.07, 6.45) is 2.73. The van der Waals surface area contributed by atoms with Gasteiger partial charge in [0.2, 0.25) is 0 Å². The van der Waals surface area contributed by atoms with E-state index in [-0.39, 0.29) is 5.82 Å². The van der Waals surface area contributed by atoms with Gasteiger partial charge in [0.1, 0.15) is 5.82 Å². The molecule has 2 rings (SSSR count). The number of rotatable bonds is 6. The second-order valence-corrected chi connectivity index (χ2v) is 7.21. The third kappa shape index (κ3) is 5.91. The van der Waals surface area contributed by atoms with Crippen molar-refractivity contribution in [3.8, 4) is 0 Å². The number of guanidine groups is 1. The van der Waals surface area contributed by atoms with Crippen molar-refractivity contribution in [2.45, 2.75) is 26.8 Å². The van der Waals surface area contributed by atoms with Gasteiger partial charge in [0.05, 0.1) is 11.6 Å². The van der Waals surface area contributed by atoms with E-state index >= 15 is 0 Å². The highest BCUT2D eigenvalue weighted by Crippen LogP contribution is 2.16. The average molecular weight is 399 g/mol. The van der Waals surface area contributed by atoms with E-state index in [0.717, 1.165) is 29.0 Å². The molecule has 0 fully saturated rings. The van der Waals surface area contributed by atoms with Crippen molar-refractivity contribution in [1.29, 1.82) is 0 Å². The van der Waals surface area contributed by atoms with E-state index in [9.17, 15) is 4.39 Å². The van der Waals surface area contributed by atoms with Crippen molar-refractivity contribution in [1.82, 2.24) is 15.6 Å². The minimum Gasteiger partial charge on any atom is -0.357 e. The molecular formula is C16H20BrFN4S. The first-order chi connectivity index (χ1) is 11.1. The van der Waals surface area contributed by atoms with Gasteiger partial charge in [-0.05, 0) is 26.0 Å². The summed E-state index contributed by atoms with van der Waals surface area (Å²) in [6, 6.07) is 5.01. The van der Waals surface area contributed by atoms with Crippen LogP contribution in [0, 0.1) is 12.7 Å². The number of benzene rings is 1. The first kappa shape index (κ1) is 17.9. The van der Waals surface area contributed by atoms with Crippen LogP contribution in [-0.4, -0.2) is 24.0 Å². The molecule has 0 aliphatic rings. The molecule has 0 atom stereocenters. The van der Waals surface area contributed by atoms with Crippen LogP contribution < -0.4 is 10.6 Å². The monoisotopic (exact) mass is 398 g/mol. The minimum absolute atomic E-state index is 0.253. The molecule has 0 saturated carbocycles. The summed E-state index contributed by atoms with van der Waals surface area (Å²) in [5.74, 6) is 0.431. The Hall–Kier alpha value is -1.47. The molecule has 0 saturated heterocycles. The predicted octanol–water partition coefficient (Wildman–Crippen LogP) is 3.65. The summed E-state index contributed by atoms with van der Waals surface area (Å²) in [5.41, 5.74) is 0.570. The molecule has 0 unspecified atom stereocenters. The fourth-order valence-corrected chi connectivity index (χ4v) is 3.08. The maximum Gasteiger partial charge on any atom is 0.191 e. The maximum absolute atomic E-state index is 13.8. The van der Waals surface area contributed by atoms with Crippen LogP contribution in [0.1, 0.15) is 22.4 Å². The van der Waals surface area contributed by atoms with Crippen molar-refractivity contribution in [2.75, 3.05) is 13.1 Å². The van der Waals surface area contributed by atoms with E-state index in [1.54, 1.807) is 17.4 Å². The van der Waals surface area contributed by atoms with Gasteiger partial charge < -0.3 is 10.6 Å². The zero-order valence-electron chi connectivity index (χ0n) is 13.2. The molecule has 1 aromatic carbocycles. The predicted molar refractivity (Wildman–Crippen MR) is 97.5 cm³/mol. The van der Waals surface area contributed by atoms with Gasteiger partial charge in [-0.15, -0.1) is 11.3 Å². The molecule has 124 valence electrons. The summed E-state index contributed by atoms with van der Waals surface area (Å²) in [5, 5.41) is 7.52. The van der Waals surface area contributed by atoms with Gasteiger partial charge in [-0.1, -0.05) is 22.0 Å². The number of aryl methyl sites for hydroxylation is 1. The Bertz CT molecular complexity index is 672. The van der Waals surface area contributed by atoms with Crippen LogP contribution in [0.3, 0.4) is 0 Å².